The summed E-state index contributed by atoms with van der Waals surface area (Å²) in [6.45, 7) is 10.0. The molecule has 26 heteroatoms. The van der Waals surface area contributed by atoms with Crippen molar-refractivity contribution in [3.63, 3.8) is 0 Å². The molecule has 70 heavy (non-hydrogen) atoms. The molecule has 386 valence electrons. The molecule has 10 N–H and O–H groups in total. The lowest BCUT2D eigenvalue weighted by atomic mass is 9.78. The van der Waals surface area contributed by atoms with E-state index < -0.39 is 68.4 Å². The van der Waals surface area contributed by atoms with E-state index in [1.807, 2.05) is 19.9 Å². The van der Waals surface area contributed by atoms with Crippen LogP contribution in [0.3, 0.4) is 0 Å². The number of aliphatic hydroxyl groups excluding tert-OH is 4. The molecular formula is C44H65B3ClN3O19. The van der Waals surface area contributed by atoms with E-state index in [-0.39, 0.29) is 83.1 Å². The number of rotatable bonds is 18. The molecule has 22 nitrogen and oxygen atoms in total. The second-order valence-corrected chi connectivity index (χ2v) is 18.1. The number of carbonyl (C=O) groups is 1. The van der Waals surface area contributed by atoms with Crippen LogP contribution in [0.1, 0.15) is 69.6 Å². The van der Waals surface area contributed by atoms with Gasteiger partial charge in [-0.1, -0.05) is 36.4 Å². The van der Waals surface area contributed by atoms with E-state index in [1.54, 1.807) is 69.3 Å². The SMILES string of the molecule is CC(C)(C)OC(=O)NCC1OB(O)c2c(OCC(CO)CO)cccc21.CC1(C)OCC(COc2cccc3c2B(O)OC3C[N+](=O)[O-])CO1.Cl.NCC1OB(O)c2c(OCC(CO)CO)cccc21. The van der Waals surface area contributed by atoms with Gasteiger partial charge in [-0.25, -0.2) is 4.79 Å². The summed E-state index contributed by atoms with van der Waals surface area (Å²) < 4.78 is 49.5. The fraction of sp³-hybridized carbons (Fsp3) is 0.568. The molecule has 4 aliphatic heterocycles. The summed E-state index contributed by atoms with van der Waals surface area (Å²) in [5, 5.41) is 79.8. The van der Waals surface area contributed by atoms with Crippen molar-refractivity contribution in [3.05, 3.63) is 81.4 Å². The van der Waals surface area contributed by atoms with Crippen molar-refractivity contribution in [1.29, 1.82) is 0 Å². The summed E-state index contributed by atoms with van der Waals surface area (Å²) in [6.07, 6.45) is -2.21. The molecule has 0 bridgehead atoms. The van der Waals surface area contributed by atoms with Gasteiger partial charge in [0.05, 0.1) is 71.7 Å². The first-order valence-corrected chi connectivity index (χ1v) is 22.6. The zero-order valence-corrected chi connectivity index (χ0v) is 40.7. The van der Waals surface area contributed by atoms with E-state index in [4.69, 9.17) is 68.5 Å². The highest BCUT2D eigenvalue weighted by atomic mass is 35.5. The van der Waals surface area contributed by atoms with E-state index in [0.29, 0.717) is 64.6 Å². The second-order valence-electron chi connectivity index (χ2n) is 18.1. The molecule has 3 aromatic carbocycles. The van der Waals surface area contributed by atoms with Crippen LogP contribution in [0.15, 0.2) is 54.6 Å². The largest absolute Gasteiger partial charge is 0.496 e. The number of halogens is 1. The van der Waals surface area contributed by atoms with Crippen LogP contribution >= 0.6 is 12.4 Å². The third kappa shape index (κ3) is 16.1. The number of nitro groups is 1. The minimum atomic E-state index is -1.22. The normalized spacial score (nSPS) is 19.0. The average Bonchev–Trinajstić information content (AvgIpc) is 3.94. The Balaban J connectivity index is 0.000000229. The second kappa shape index (κ2) is 26.9. The van der Waals surface area contributed by atoms with Crippen LogP contribution in [0.4, 0.5) is 4.79 Å². The van der Waals surface area contributed by atoms with Crippen molar-refractivity contribution in [3.8, 4) is 17.2 Å². The highest BCUT2D eigenvalue weighted by Crippen LogP contribution is 2.31. The number of alkyl carbamates (subject to hydrolysis) is 1. The lowest BCUT2D eigenvalue weighted by Gasteiger charge is -2.34. The number of hydrogen-bond acceptors (Lipinski definition) is 20. The Bertz CT molecular complexity index is 2130. The quantitative estimate of drug-likeness (QED) is 0.0430. The molecule has 3 atom stereocenters. The Morgan fingerprint density at radius 1 is 0.757 bits per heavy atom. The maximum absolute atomic E-state index is 11.8. The molecule has 1 fully saturated rings. The van der Waals surface area contributed by atoms with E-state index in [9.17, 15) is 30.0 Å². The van der Waals surface area contributed by atoms with Crippen LogP contribution in [-0.4, -0.2) is 158 Å². The number of nitrogens with one attached hydrogen (secondary N) is 1. The van der Waals surface area contributed by atoms with Gasteiger partial charge in [0, 0.05) is 52.2 Å². The van der Waals surface area contributed by atoms with Gasteiger partial charge in [0.2, 0.25) is 6.54 Å². The zero-order valence-electron chi connectivity index (χ0n) is 39.8. The highest BCUT2D eigenvalue weighted by molar-refractivity contribution is 6.63. The lowest BCUT2D eigenvalue weighted by Crippen LogP contribution is -2.41. The fourth-order valence-corrected chi connectivity index (χ4v) is 7.47. The summed E-state index contributed by atoms with van der Waals surface area (Å²) in [6, 6.07) is 15.7. The average molecular weight is 1010 g/mol. The predicted octanol–water partition coefficient (Wildman–Crippen LogP) is -0.745. The van der Waals surface area contributed by atoms with Crippen molar-refractivity contribution in [2.75, 3.05) is 79.1 Å². The molecule has 0 spiro atoms. The molecule has 0 aromatic heterocycles. The summed E-state index contributed by atoms with van der Waals surface area (Å²) in [4.78, 5) is 22.1. The van der Waals surface area contributed by atoms with Crippen LogP contribution in [0.25, 0.3) is 0 Å². The van der Waals surface area contributed by atoms with Gasteiger partial charge in [0.1, 0.15) is 29.0 Å². The van der Waals surface area contributed by atoms with E-state index >= 15 is 0 Å². The van der Waals surface area contributed by atoms with Gasteiger partial charge in [0.15, 0.2) is 5.79 Å². The molecule has 3 unspecified atom stereocenters. The van der Waals surface area contributed by atoms with Gasteiger partial charge >= 0.3 is 27.4 Å². The van der Waals surface area contributed by atoms with Gasteiger partial charge < -0.3 is 88.9 Å². The minimum absolute atomic E-state index is 0. The molecule has 7 rings (SSSR count). The molecule has 0 saturated carbocycles. The molecule has 4 heterocycles. The molecule has 1 amide bonds. The molecule has 1 saturated heterocycles. The summed E-state index contributed by atoms with van der Waals surface area (Å²) in [7, 11) is -3.46. The summed E-state index contributed by atoms with van der Waals surface area (Å²) in [5.41, 5.74) is 8.61. The number of nitrogens with two attached hydrogens (primary N) is 1. The van der Waals surface area contributed by atoms with Gasteiger partial charge in [-0.05, 0) is 69.5 Å². The topological polar surface area (TPSA) is 323 Å². The molecule has 3 aromatic rings. The first kappa shape index (κ1) is 58.3. The van der Waals surface area contributed by atoms with Crippen LogP contribution in [-0.2, 0) is 28.2 Å². The Labute approximate surface area is 413 Å². The Kier molecular flexibility index (Phi) is 22.4. The van der Waals surface area contributed by atoms with Gasteiger partial charge in [-0.15, -0.1) is 12.4 Å². The van der Waals surface area contributed by atoms with Crippen LogP contribution in [0.2, 0.25) is 0 Å². The van der Waals surface area contributed by atoms with E-state index in [2.05, 4.69) is 5.32 Å². The fourth-order valence-electron chi connectivity index (χ4n) is 7.47. The first-order valence-electron chi connectivity index (χ1n) is 22.6. The minimum Gasteiger partial charge on any atom is -0.493 e. The smallest absolute Gasteiger partial charge is 0.493 e. The Morgan fingerprint density at radius 3 is 1.60 bits per heavy atom. The monoisotopic (exact) mass is 1010 g/mol. The number of hydrogen-bond donors (Lipinski definition) is 9. The highest BCUT2D eigenvalue weighted by Gasteiger charge is 2.42. The number of carbonyl (C=O) groups excluding carboxylic acids is 1. The molecule has 4 aliphatic rings. The number of benzene rings is 3. The first-order chi connectivity index (χ1) is 32.8. The predicted molar refractivity (Wildman–Crippen MR) is 257 cm³/mol. The van der Waals surface area contributed by atoms with Crippen molar-refractivity contribution >= 4 is 56.2 Å². The van der Waals surface area contributed by atoms with Crippen molar-refractivity contribution in [1.82, 2.24) is 5.32 Å². The van der Waals surface area contributed by atoms with Gasteiger partial charge in [0.25, 0.3) is 0 Å². The number of fused-ring (bicyclic) bond motifs is 3. The number of ether oxygens (including phenoxy) is 6. The van der Waals surface area contributed by atoms with Crippen molar-refractivity contribution in [2.24, 2.45) is 23.5 Å². The number of aliphatic hydroxyl groups is 4. The summed E-state index contributed by atoms with van der Waals surface area (Å²) >= 11 is 0. The van der Waals surface area contributed by atoms with E-state index in [0.717, 1.165) is 5.56 Å². The van der Waals surface area contributed by atoms with Crippen LogP contribution in [0, 0.1) is 27.9 Å². The maximum atomic E-state index is 11.8. The van der Waals surface area contributed by atoms with E-state index in [1.165, 1.54) is 0 Å². The maximum Gasteiger partial charge on any atom is 0.496 e. The number of nitrogens with zero attached hydrogens (tertiary/aromatic N) is 1. The summed E-state index contributed by atoms with van der Waals surface area (Å²) in [5.74, 6) is 0.119. The third-order valence-electron chi connectivity index (χ3n) is 11.1. The molecule has 0 aliphatic carbocycles. The third-order valence-corrected chi connectivity index (χ3v) is 11.1. The Hall–Kier alpha value is -4.31. The number of amides is 1. The van der Waals surface area contributed by atoms with Gasteiger partial charge in [-0.2, -0.15) is 0 Å². The molecule has 0 radical (unpaired) electrons. The zero-order chi connectivity index (χ0) is 50.5. The van der Waals surface area contributed by atoms with Crippen LogP contribution < -0.4 is 41.6 Å². The Morgan fingerprint density at radius 2 is 1.17 bits per heavy atom. The van der Waals surface area contributed by atoms with Crippen LogP contribution in [0.5, 0.6) is 17.2 Å². The standard InChI is InChI=1S/C17H26BNO7.C15H20BNO7.C12H18BNO5.ClH/c1-17(2,3)25-16(22)19-7-14-12-5-4-6-13(15(12)18(23)26-14)24-10-11(8-20)9-21;1-15(2)22-8-10(9-23-15)7-21-12-5-3-4-11-13(6-17(19)20)24-16(18)14(11)12;14-4-11-9-2-1-3-10(12(9)13(17)19-11)18-7-8(5-15)6-16;/h4-6,11,14,20-21,23H,7-10H2,1-3H3,(H,19,22);3-5,10,13,18H,6-9H2,1-2H3;1-3,8,11,15-17H,4-7,14H2;1H. The molecular weight excluding hydrogens is 942 g/mol. The van der Waals surface area contributed by atoms with Crippen molar-refractivity contribution in [2.45, 2.75) is 64.3 Å². The van der Waals surface area contributed by atoms with Gasteiger partial charge in [-0.3, -0.25) is 10.1 Å². The van der Waals surface area contributed by atoms with Crippen molar-refractivity contribution < 1.29 is 87.6 Å². The lowest BCUT2D eigenvalue weighted by molar-refractivity contribution is -0.490.